The fraction of sp³-hybridized carbons (Fsp3) is 0.292. The Hall–Kier alpha value is -3.65. The van der Waals surface area contributed by atoms with Crippen molar-refractivity contribution in [1.82, 2.24) is 10.2 Å². The number of rotatable bonds is 7. The second-order valence-corrected chi connectivity index (χ2v) is 7.87. The molecular formula is C24H25N3O5. The Labute approximate surface area is 185 Å². The number of para-hydroxylation sites is 1. The standard InChI is InChI=1S/C24H25N3O5/c1-14-22(15(2)26-25-14)19(28)12-24(30)17-7-5-6-8-18(17)27(23(24)29)13-16-9-10-20(31-3)21(11-16)32-4/h5-11,30H,12-13H2,1-4H3,(H,25,26)/t24-/m0/s1. The number of ketones is 1. The van der Waals surface area contributed by atoms with Gasteiger partial charge in [0.05, 0.1) is 44.1 Å². The summed E-state index contributed by atoms with van der Waals surface area (Å²) >= 11 is 0. The number of aryl methyl sites for hydroxylation is 2. The molecule has 0 fully saturated rings. The number of amides is 1. The summed E-state index contributed by atoms with van der Waals surface area (Å²) in [7, 11) is 3.10. The maximum atomic E-state index is 13.5. The van der Waals surface area contributed by atoms with Gasteiger partial charge < -0.3 is 19.5 Å². The summed E-state index contributed by atoms with van der Waals surface area (Å²) in [6.45, 7) is 3.66. The van der Waals surface area contributed by atoms with Crippen LogP contribution in [0.3, 0.4) is 0 Å². The van der Waals surface area contributed by atoms with Gasteiger partial charge in [0.15, 0.2) is 22.9 Å². The first-order valence-corrected chi connectivity index (χ1v) is 10.2. The van der Waals surface area contributed by atoms with Gasteiger partial charge in [-0.15, -0.1) is 0 Å². The Morgan fingerprint density at radius 2 is 1.84 bits per heavy atom. The second-order valence-electron chi connectivity index (χ2n) is 7.87. The average molecular weight is 435 g/mol. The van der Waals surface area contributed by atoms with Crippen LogP contribution < -0.4 is 14.4 Å². The zero-order valence-corrected chi connectivity index (χ0v) is 18.4. The molecule has 4 rings (SSSR count). The number of fused-ring (bicyclic) bond motifs is 1. The van der Waals surface area contributed by atoms with E-state index >= 15 is 0 Å². The van der Waals surface area contributed by atoms with Crippen molar-refractivity contribution in [2.45, 2.75) is 32.4 Å². The van der Waals surface area contributed by atoms with Gasteiger partial charge in [0.25, 0.3) is 5.91 Å². The number of H-pyrrole nitrogens is 1. The molecule has 1 aliphatic heterocycles. The number of aliphatic hydroxyl groups is 1. The highest BCUT2D eigenvalue weighted by Crippen LogP contribution is 2.44. The van der Waals surface area contributed by atoms with Gasteiger partial charge in [0, 0.05) is 11.3 Å². The number of anilines is 1. The number of aromatic amines is 1. The van der Waals surface area contributed by atoms with E-state index < -0.39 is 11.5 Å². The average Bonchev–Trinajstić information content (AvgIpc) is 3.23. The highest BCUT2D eigenvalue weighted by molar-refractivity contribution is 6.11. The van der Waals surface area contributed by atoms with Gasteiger partial charge in [-0.3, -0.25) is 14.7 Å². The van der Waals surface area contributed by atoms with E-state index in [9.17, 15) is 14.7 Å². The molecule has 0 aliphatic carbocycles. The first-order chi connectivity index (χ1) is 15.3. The number of carbonyl (C=O) groups is 2. The Balaban J connectivity index is 1.69. The maximum Gasteiger partial charge on any atom is 0.264 e. The first kappa shape index (κ1) is 21.6. The van der Waals surface area contributed by atoms with Gasteiger partial charge in [-0.2, -0.15) is 5.10 Å². The van der Waals surface area contributed by atoms with Gasteiger partial charge >= 0.3 is 0 Å². The highest BCUT2D eigenvalue weighted by Gasteiger charge is 2.51. The van der Waals surface area contributed by atoms with E-state index in [4.69, 9.17) is 9.47 Å². The summed E-state index contributed by atoms with van der Waals surface area (Å²) in [5, 5.41) is 18.3. The van der Waals surface area contributed by atoms with Crippen LogP contribution in [0.2, 0.25) is 0 Å². The number of hydrogen-bond donors (Lipinski definition) is 2. The monoisotopic (exact) mass is 435 g/mol. The zero-order valence-electron chi connectivity index (χ0n) is 18.4. The van der Waals surface area contributed by atoms with Crippen LogP contribution in [0, 0.1) is 13.8 Å². The number of aromatic nitrogens is 2. The predicted octanol–water partition coefficient (Wildman–Crippen LogP) is 3.05. The van der Waals surface area contributed by atoms with E-state index in [1.807, 2.05) is 6.07 Å². The molecule has 2 heterocycles. The quantitative estimate of drug-likeness (QED) is 0.553. The Morgan fingerprint density at radius 3 is 2.50 bits per heavy atom. The molecule has 8 heteroatoms. The summed E-state index contributed by atoms with van der Waals surface area (Å²) in [6.07, 6.45) is -0.369. The van der Waals surface area contributed by atoms with E-state index in [2.05, 4.69) is 10.2 Å². The number of ether oxygens (including phenoxy) is 2. The lowest BCUT2D eigenvalue weighted by atomic mass is 9.87. The smallest absolute Gasteiger partial charge is 0.264 e. The number of benzene rings is 2. The molecule has 1 aromatic heterocycles. The van der Waals surface area contributed by atoms with Crippen LogP contribution in [0.15, 0.2) is 42.5 Å². The molecule has 1 atom stereocenters. The van der Waals surface area contributed by atoms with E-state index in [-0.39, 0.29) is 18.7 Å². The zero-order chi connectivity index (χ0) is 23.0. The largest absolute Gasteiger partial charge is 0.493 e. The Bertz CT molecular complexity index is 1180. The molecule has 2 N–H and O–H groups in total. The second kappa shape index (κ2) is 8.12. The van der Waals surface area contributed by atoms with Crippen molar-refractivity contribution in [2.75, 3.05) is 19.1 Å². The molecule has 3 aromatic rings. The topological polar surface area (TPSA) is 105 Å². The van der Waals surface area contributed by atoms with Crippen molar-refractivity contribution in [2.24, 2.45) is 0 Å². The summed E-state index contributed by atoms with van der Waals surface area (Å²) in [5.74, 6) is 0.242. The molecule has 0 saturated heterocycles. The van der Waals surface area contributed by atoms with Crippen LogP contribution in [0.5, 0.6) is 11.5 Å². The van der Waals surface area contributed by atoms with Crippen molar-refractivity contribution >= 4 is 17.4 Å². The van der Waals surface area contributed by atoms with E-state index in [0.717, 1.165) is 5.56 Å². The van der Waals surface area contributed by atoms with E-state index in [1.54, 1.807) is 64.5 Å². The number of hydrogen-bond acceptors (Lipinski definition) is 6. The van der Waals surface area contributed by atoms with E-state index in [0.29, 0.717) is 39.7 Å². The minimum Gasteiger partial charge on any atom is -0.493 e. The van der Waals surface area contributed by atoms with Gasteiger partial charge in [-0.1, -0.05) is 24.3 Å². The molecular weight excluding hydrogens is 410 g/mol. The molecule has 0 unspecified atom stereocenters. The lowest BCUT2D eigenvalue weighted by Gasteiger charge is -2.23. The molecule has 1 aliphatic rings. The van der Waals surface area contributed by atoms with Crippen LogP contribution in [0.4, 0.5) is 5.69 Å². The number of carbonyl (C=O) groups excluding carboxylic acids is 2. The summed E-state index contributed by atoms with van der Waals surface area (Å²) in [5.41, 5.74) is 1.38. The molecule has 8 nitrogen and oxygen atoms in total. The van der Waals surface area contributed by atoms with Gasteiger partial charge in [-0.05, 0) is 37.6 Å². The lowest BCUT2D eigenvalue weighted by Crippen LogP contribution is -2.41. The molecule has 1 amide bonds. The maximum absolute atomic E-state index is 13.5. The first-order valence-electron chi connectivity index (χ1n) is 10.2. The molecule has 0 saturated carbocycles. The number of nitrogens with one attached hydrogen (secondary N) is 1. The predicted molar refractivity (Wildman–Crippen MR) is 118 cm³/mol. The normalized spacial score (nSPS) is 17.4. The fourth-order valence-corrected chi connectivity index (χ4v) is 4.28. The van der Waals surface area contributed by atoms with Gasteiger partial charge in [0.1, 0.15) is 0 Å². The van der Waals surface area contributed by atoms with Crippen LogP contribution >= 0.6 is 0 Å². The highest BCUT2D eigenvalue weighted by atomic mass is 16.5. The molecule has 0 spiro atoms. The Kier molecular flexibility index (Phi) is 5.48. The van der Waals surface area contributed by atoms with Crippen molar-refractivity contribution < 1.29 is 24.2 Å². The van der Waals surface area contributed by atoms with Crippen LogP contribution in [-0.4, -0.2) is 41.2 Å². The van der Waals surface area contributed by atoms with Crippen molar-refractivity contribution in [3.63, 3.8) is 0 Å². The molecule has 166 valence electrons. The lowest BCUT2D eigenvalue weighted by molar-refractivity contribution is -0.136. The molecule has 2 aromatic carbocycles. The van der Waals surface area contributed by atoms with Crippen LogP contribution in [0.1, 0.15) is 39.3 Å². The van der Waals surface area contributed by atoms with Gasteiger partial charge in [-0.25, -0.2) is 0 Å². The van der Waals surface area contributed by atoms with Crippen molar-refractivity contribution in [3.05, 3.63) is 70.5 Å². The third kappa shape index (κ3) is 3.42. The van der Waals surface area contributed by atoms with Crippen LogP contribution in [0.25, 0.3) is 0 Å². The fourth-order valence-electron chi connectivity index (χ4n) is 4.28. The number of methoxy groups -OCH3 is 2. The number of nitrogens with zero attached hydrogens (tertiary/aromatic N) is 2. The number of Topliss-reactive ketones (excluding diaryl/α,β-unsaturated/α-hetero) is 1. The summed E-state index contributed by atoms with van der Waals surface area (Å²) < 4.78 is 10.6. The SMILES string of the molecule is COc1ccc(CN2C(=O)[C@](O)(CC(=O)c3c(C)n[nH]c3C)c3ccccc32)cc1OC. The van der Waals surface area contributed by atoms with Crippen molar-refractivity contribution in [1.29, 1.82) is 0 Å². The van der Waals surface area contributed by atoms with E-state index in [1.165, 1.54) is 4.90 Å². The van der Waals surface area contributed by atoms with Crippen LogP contribution in [-0.2, 0) is 16.9 Å². The minimum absolute atomic E-state index is 0.205. The van der Waals surface area contributed by atoms with Gasteiger partial charge in [0.2, 0.25) is 0 Å². The molecule has 0 bridgehead atoms. The summed E-state index contributed by atoms with van der Waals surface area (Å²) in [6, 6.07) is 12.4. The molecule has 32 heavy (non-hydrogen) atoms. The Morgan fingerprint density at radius 1 is 1.12 bits per heavy atom. The summed E-state index contributed by atoms with van der Waals surface area (Å²) in [4.78, 5) is 28.0. The van der Waals surface area contributed by atoms with Crippen molar-refractivity contribution in [3.8, 4) is 11.5 Å². The minimum atomic E-state index is -1.96. The molecule has 0 radical (unpaired) electrons. The third-order valence-electron chi connectivity index (χ3n) is 5.85. The third-order valence-corrected chi connectivity index (χ3v) is 5.85.